The molecule has 0 saturated carbocycles. The summed E-state index contributed by atoms with van der Waals surface area (Å²) in [4.78, 5) is 12.5. The summed E-state index contributed by atoms with van der Waals surface area (Å²) in [6.45, 7) is 1.69. The van der Waals surface area contributed by atoms with E-state index in [2.05, 4.69) is 25.1 Å². The molecular weight excluding hydrogens is 334 g/mol. The van der Waals surface area contributed by atoms with E-state index in [1.165, 1.54) is 7.11 Å². The number of aromatic nitrogens is 4. The van der Waals surface area contributed by atoms with Crippen molar-refractivity contribution in [2.75, 3.05) is 19.5 Å². The molecule has 124 valence electrons. The molecule has 0 spiro atoms. The average molecular weight is 347 g/mol. The number of nitrogens with one attached hydrogen (secondary N) is 1. The normalized spacial score (nSPS) is 10.5. The molecule has 2 heterocycles. The van der Waals surface area contributed by atoms with Crippen molar-refractivity contribution < 1.29 is 18.7 Å². The number of carbonyl (C=O) groups is 1. The third-order valence-corrected chi connectivity index (χ3v) is 3.97. The molecular formula is C14H13N5O4S. The van der Waals surface area contributed by atoms with E-state index in [4.69, 9.17) is 13.9 Å². The van der Waals surface area contributed by atoms with Crippen LogP contribution in [0.15, 0.2) is 22.6 Å². The summed E-state index contributed by atoms with van der Waals surface area (Å²) in [5.41, 5.74) is 1.09. The minimum Gasteiger partial charge on any atom is -0.497 e. The second kappa shape index (κ2) is 6.62. The molecule has 0 aliphatic rings. The van der Waals surface area contributed by atoms with Crippen molar-refractivity contribution in [1.82, 2.24) is 19.8 Å². The summed E-state index contributed by atoms with van der Waals surface area (Å²) in [7, 11) is 3.08. The zero-order valence-corrected chi connectivity index (χ0v) is 13.9. The summed E-state index contributed by atoms with van der Waals surface area (Å²) in [5.74, 6) is 0.941. The molecule has 24 heavy (non-hydrogen) atoms. The van der Waals surface area contributed by atoms with Crippen molar-refractivity contribution >= 4 is 23.5 Å². The van der Waals surface area contributed by atoms with Gasteiger partial charge < -0.3 is 13.9 Å². The molecule has 0 fully saturated rings. The molecule has 3 aromatic rings. The van der Waals surface area contributed by atoms with Gasteiger partial charge in [-0.3, -0.25) is 10.1 Å². The van der Waals surface area contributed by atoms with Crippen LogP contribution in [0.25, 0.3) is 11.5 Å². The van der Waals surface area contributed by atoms with E-state index in [1.54, 1.807) is 32.2 Å². The number of anilines is 1. The molecule has 0 bridgehead atoms. The predicted molar refractivity (Wildman–Crippen MR) is 85.4 cm³/mol. The van der Waals surface area contributed by atoms with Gasteiger partial charge in [0.15, 0.2) is 0 Å². The van der Waals surface area contributed by atoms with Crippen LogP contribution >= 0.6 is 11.5 Å². The fourth-order valence-electron chi connectivity index (χ4n) is 1.96. The Kier molecular flexibility index (Phi) is 4.38. The van der Waals surface area contributed by atoms with E-state index >= 15 is 0 Å². The first-order valence-electron chi connectivity index (χ1n) is 6.78. The molecule has 1 amide bonds. The molecule has 0 unspecified atom stereocenters. The summed E-state index contributed by atoms with van der Waals surface area (Å²) < 4.78 is 19.7. The Morgan fingerprint density at radius 1 is 1.21 bits per heavy atom. The van der Waals surface area contributed by atoms with E-state index in [9.17, 15) is 4.79 Å². The average Bonchev–Trinajstić information content (AvgIpc) is 3.23. The summed E-state index contributed by atoms with van der Waals surface area (Å²) in [6, 6.07) is 5.15. The number of ether oxygens (including phenoxy) is 2. The molecule has 10 heteroatoms. The molecule has 0 aliphatic carbocycles. The monoisotopic (exact) mass is 347 g/mol. The van der Waals surface area contributed by atoms with Crippen LogP contribution in [-0.4, -0.2) is 39.9 Å². The number of aryl methyl sites for hydroxylation is 1. The number of benzene rings is 1. The van der Waals surface area contributed by atoms with Crippen molar-refractivity contribution in [2.24, 2.45) is 0 Å². The second-order valence-corrected chi connectivity index (χ2v) is 5.37. The lowest BCUT2D eigenvalue weighted by Crippen LogP contribution is -2.11. The second-order valence-electron chi connectivity index (χ2n) is 4.62. The molecule has 0 aliphatic heterocycles. The van der Waals surface area contributed by atoms with Gasteiger partial charge in [0, 0.05) is 0 Å². The van der Waals surface area contributed by atoms with Gasteiger partial charge in [-0.2, -0.15) is 0 Å². The molecule has 3 rings (SSSR count). The number of rotatable bonds is 5. The number of methoxy groups -OCH3 is 2. The first-order chi connectivity index (χ1) is 11.6. The molecule has 9 nitrogen and oxygen atoms in total. The maximum Gasteiger partial charge on any atom is 0.322 e. The Morgan fingerprint density at radius 3 is 2.71 bits per heavy atom. The fourth-order valence-corrected chi connectivity index (χ4v) is 2.51. The SMILES string of the molecule is COc1ccc(OC)c(-c2nnc(NC(=O)c3snnc3C)o2)c1. The Bertz CT molecular complexity index is 876. The smallest absolute Gasteiger partial charge is 0.322 e. The maximum absolute atomic E-state index is 12.1. The van der Waals surface area contributed by atoms with Crippen molar-refractivity contribution in [1.29, 1.82) is 0 Å². The minimum atomic E-state index is -0.407. The number of hydrogen-bond donors (Lipinski definition) is 1. The Balaban J connectivity index is 1.86. The van der Waals surface area contributed by atoms with E-state index in [0.717, 1.165) is 11.5 Å². The van der Waals surface area contributed by atoms with Crippen LogP contribution in [-0.2, 0) is 0 Å². The molecule has 0 saturated heterocycles. The van der Waals surface area contributed by atoms with E-state index in [-0.39, 0.29) is 11.9 Å². The van der Waals surface area contributed by atoms with Gasteiger partial charge in [0.25, 0.3) is 11.8 Å². The van der Waals surface area contributed by atoms with Crippen LogP contribution in [0.4, 0.5) is 6.01 Å². The molecule has 2 aromatic heterocycles. The highest BCUT2D eigenvalue weighted by molar-refractivity contribution is 7.08. The van der Waals surface area contributed by atoms with Crippen LogP contribution in [0, 0.1) is 6.92 Å². The van der Waals surface area contributed by atoms with Gasteiger partial charge in [-0.15, -0.1) is 10.2 Å². The van der Waals surface area contributed by atoms with Gasteiger partial charge in [-0.05, 0) is 36.7 Å². The minimum absolute atomic E-state index is 0.0346. The van der Waals surface area contributed by atoms with Gasteiger partial charge >= 0.3 is 6.01 Å². The zero-order chi connectivity index (χ0) is 17.1. The van der Waals surface area contributed by atoms with E-state index < -0.39 is 5.91 Å². The third-order valence-electron chi connectivity index (χ3n) is 3.14. The number of hydrogen-bond acceptors (Lipinski definition) is 9. The molecule has 0 radical (unpaired) electrons. The first kappa shape index (κ1) is 15.9. The molecule has 0 atom stereocenters. The highest BCUT2D eigenvalue weighted by atomic mass is 32.1. The van der Waals surface area contributed by atoms with Gasteiger partial charge in [0.2, 0.25) is 0 Å². The van der Waals surface area contributed by atoms with Crippen LogP contribution in [0.2, 0.25) is 0 Å². The van der Waals surface area contributed by atoms with Gasteiger partial charge in [-0.25, -0.2) is 0 Å². The van der Waals surface area contributed by atoms with Crippen LogP contribution < -0.4 is 14.8 Å². The van der Waals surface area contributed by atoms with E-state index in [0.29, 0.717) is 27.6 Å². The van der Waals surface area contributed by atoms with E-state index in [1.807, 2.05) is 0 Å². The molecule has 1 aromatic carbocycles. The predicted octanol–water partition coefficient (Wildman–Crippen LogP) is 2.17. The summed E-state index contributed by atoms with van der Waals surface area (Å²) in [5, 5.41) is 14.1. The lowest BCUT2D eigenvalue weighted by molar-refractivity contribution is 0.102. The van der Waals surface area contributed by atoms with Crippen molar-refractivity contribution in [3.63, 3.8) is 0 Å². The quantitative estimate of drug-likeness (QED) is 0.747. The highest BCUT2D eigenvalue weighted by Gasteiger charge is 2.19. The largest absolute Gasteiger partial charge is 0.497 e. The van der Waals surface area contributed by atoms with Gasteiger partial charge in [-0.1, -0.05) is 9.59 Å². The third kappa shape index (κ3) is 3.04. The van der Waals surface area contributed by atoms with Crippen LogP contribution in [0.1, 0.15) is 15.4 Å². The lowest BCUT2D eigenvalue weighted by Gasteiger charge is -2.07. The van der Waals surface area contributed by atoms with Gasteiger partial charge in [0.1, 0.15) is 16.4 Å². The first-order valence-corrected chi connectivity index (χ1v) is 7.56. The maximum atomic E-state index is 12.1. The number of carbonyl (C=O) groups excluding carboxylic acids is 1. The van der Waals surface area contributed by atoms with Crippen molar-refractivity contribution in [2.45, 2.75) is 6.92 Å². The Labute approximate surface area is 140 Å². The Morgan fingerprint density at radius 2 is 2.04 bits per heavy atom. The summed E-state index contributed by atoms with van der Waals surface area (Å²) in [6.07, 6.45) is 0. The fraction of sp³-hybridized carbons (Fsp3) is 0.214. The topological polar surface area (TPSA) is 112 Å². The molecule has 1 N–H and O–H groups in total. The lowest BCUT2D eigenvalue weighted by atomic mass is 10.2. The Hall–Kier alpha value is -3.01. The van der Waals surface area contributed by atoms with Crippen molar-refractivity contribution in [3.05, 3.63) is 28.8 Å². The number of amides is 1. The van der Waals surface area contributed by atoms with Crippen LogP contribution in [0.3, 0.4) is 0 Å². The van der Waals surface area contributed by atoms with Crippen LogP contribution in [0.5, 0.6) is 11.5 Å². The number of nitrogens with zero attached hydrogens (tertiary/aromatic N) is 4. The zero-order valence-electron chi connectivity index (χ0n) is 13.1. The standard InChI is InChI=1S/C14H13N5O4S/c1-7-11(24-19-16-7)12(20)15-14-18-17-13(23-14)9-6-8(21-2)4-5-10(9)22-3/h4-6H,1-3H3,(H,15,18,20). The van der Waals surface area contributed by atoms with Gasteiger partial charge in [0.05, 0.1) is 25.5 Å². The highest BCUT2D eigenvalue weighted by Crippen LogP contribution is 2.33. The van der Waals surface area contributed by atoms with Crippen molar-refractivity contribution in [3.8, 4) is 23.0 Å². The summed E-state index contributed by atoms with van der Waals surface area (Å²) >= 11 is 0.992.